The third-order valence-electron chi connectivity index (χ3n) is 4.14. The molecule has 0 aromatic heterocycles. The van der Waals surface area contributed by atoms with E-state index in [4.69, 9.17) is 5.73 Å². The smallest absolute Gasteiger partial charge is 0.254 e. The molecule has 0 spiro atoms. The zero-order chi connectivity index (χ0) is 15.6. The number of amides is 1. The van der Waals surface area contributed by atoms with E-state index in [2.05, 4.69) is 12.2 Å². The molecule has 0 heterocycles. The van der Waals surface area contributed by atoms with Crippen LogP contribution >= 0.6 is 0 Å². The highest BCUT2D eigenvalue weighted by Gasteiger charge is 2.36. The molecule has 1 aliphatic carbocycles. The SMILES string of the molecule is CC1CCCC(CN)(NC(=O)c2ccc(F)c(F)c2F)C1. The normalized spacial score (nSPS) is 25.7. The average Bonchev–Trinajstić information content (AvgIpc) is 2.44. The fourth-order valence-corrected chi connectivity index (χ4v) is 3.02. The third kappa shape index (κ3) is 3.20. The molecule has 0 saturated heterocycles. The van der Waals surface area contributed by atoms with Crippen molar-refractivity contribution in [3.63, 3.8) is 0 Å². The number of benzene rings is 1. The van der Waals surface area contributed by atoms with Gasteiger partial charge in [0, 0.05) is 6.54 Å². The average molecular weight is 300 g/mol. The van der Waals surface area contributed by atoms with Crippen LogP contribution < -0.4 is 11.1 Å². The Morgan fingerprint density at radius 1 is 1.38 bits per heavy atom. The minimum absolute atomic E-state index is 0.231. The molecule has 2 atom stereocenters. The Balaban J connectivity index is 2.22. The van der Waals surface area contributed by atoms with E-state index in [1.807, 2.05) is 0 Å². The quantitative estimate of drug-likeness (QED) is 0.843. The van der Waals surface area contributed by atoms with Crippen LogP contribution in [-0.2, 0) is 0 Å². The summed E-state index contributed by atoms with van der Waals surface area (Å²) in [6.07, 6.45) is 3.36. The van der Waals surface area contributed by atoms with Gasteiger partial charge in [0.2, 0.25) is 0 Å². The Bertz CT molecular complexity index is 550. The van der Waals surface area contributed by atoms with Gasteiger partial charge in [-0.15, -0.1) is 0 Å². The highest BCUT2D eigenvalue weighted by atomic mass is 19.2. The van der Waals surface area contributed by atoms with Gasteiger partial charge in [-0.25, -0.2) is 13.2 Å². The van der Waals surface area contributed by atoms with Crippen LogP contribution in [0.1, 0.15) is 43.0 Å². The maximum atomic E-state index is 13.7. The van der Waals surface area contributed by atoms with Crippen LogP contribution in [0.2, 0.25) is 0 Å². The molecule has 1 aliphatic rings. The molecule has 6 heteroatoms. The van der Waals surface area contributed by atoms with E-state index >= 15 is 0 Å². The molecule has 2 rings (SSSR count). The van der Waals surface area contributed by atoms with Gasteiger partial charge < -0.3 is 11.1 Å². The van der Waals surface area contributed by atoms with Crippen molar-refractivity contribution in [3.05, 3.63) is 35.1 Å². The first-order valence-corrected chi connectivity index (χ1v) is 7.04. The minimum atomic E-state index is -1.64. The molecule has 21 heavy (non-hydrogen) atoms. The van der Waals surface area contributed by atoms with E-state index in [0.29, 0.717) is 18.8 Å². The van der Waals surface area contributed by atoms with Crippen molar-refractivity contribution in [3.8, 4) is 0 Å². The molecule has 2 unspecified atom stereocenters. The molecule has 1 amide bonds. The van der Waals surface area contributed by atoms with Crippen molar-refractivity contribution in [2.45, 2.75) is 38.1 Å². The lowest BCUT2D eigenvalue weighted by molar-refractivity contribution is 0.0848. The van der Waals surface area contributed by atoms with Gasteiger partial charge in [0.05, 0.1) is 11.1 Å². The number of carbonyl (C=O) groups excluding carboxylic acids is 1. The van der Waals surface area contributed by atoms with Gasteiger partial charge in [-0.2, -0.15) is 0 Å². The first-order chi connectivity index (χ1) is 9.88. The number of hydrogen-bond donors (Lipinski definition) is 2. The summed E-state index contributed by atoms with van der Waals surface area (Å²) in [5.41, 5.74) is 4.67. The summed E-state index contributed by atoms with van der Waals surface area (Å²) in [6, 6.07) is 1.69. The summed E-state index contributed by atoms with van der Waals surface area (Å²) in [5.74, 6) is -4.78. The summed E-state index contributed by atoms with van der Waals surface area (Å²) in [5, 5.41) is 2.72. The summed E-state index contributed by atoms with van der Waals surface area (Å²) in [4.78, 5) is 12.2. The lowest BCUT2D eigenvalue weighted by Gasteiger charge is -2.40. The highest BCUT2D eigenvalue weighted by Crippen LogP contribution is 2.32. The van der Waals surface area contributed by atoms with Crippen LogP contribution in [0.15, 0.2) is 12.1 Å². The molecule has 1 aromatic carbocycles. The third-order valence-corrected chi connectivity index (χ3v) is 4.14. The Kier molecular flexibility index (Phi) is 4.56. The van der Waals surface area contributed by atoms with Crippen molar-refractivity contribution in [2.24, 2.45) is 11.7 Å². The van der Waals surface area contributed by atoms with Crippen LogP contribution in [0.25, 0.3) is 0 Å². The molecule has 1 aromatic rings. The number of hydrogen-bond acceptors (Lipinski definition) is 2. The molecule has 3 nitrogen and oxygen atoms in total. The molecule has 0 bridgehead atoms. The number of halogens is 3. The standard InChI is InChI=1S/C15H19F3N2O/c1-9-3-2-6-15(7-9,8-19)20-14(21)10-4-5-11(16)13(18)12(10)17/h4-5,9H,2-3,6-8,19H2,1H3,(H,20,21). The number of carbonyl (C=O) groups is 1. The predicted octanol–water partition coefficient (Wildman–Crippen LogP) is 2.74. The van der Waals surface area contributed by atoms with Gasteiger partial charge in [0.25, 0.3) is 5.91 Å². The van der Waals surface area contributed by atoms with E-state index in [1.165, 1.54) is 0 Å². The van der Waals surface area contributed by atoms with Crippen LogP contribution in [0.4, 0.5) is 13.2 Å². The van der Waals surface area contributed by atoms with Crippen molar-refractivity contribution in [2.75, 3.05) is 6.54 Å². The molecule has 1 saturated carbocycles. The van der Waals surface area contributed by atoms with E-state index < -0.39 is 34.5 Å². The zero-order valence-corrected chi connectivity index (χ0v) is 11.9. The number of nitrogens with one attached hydrogen (secondary N) is 1. The molecular formula is C15H19F3N2O. The van der Waals surface area contributed by atoms with E-state index in [0.717, 1.165) is 25.0 Å². The predicted molar refractivity (Wildman–Crippen MR) is 73.2 cm³/mol. The van der Waals surface area contributed by atoms with Gasteiger partial charge in [0.1, 0.15) is 0 Å². The summed E-state index contributed by atoms with van der Waals surface area (Å²) in [6.45, 7) is 2.29. The van der Waals surface area contributed by atoms with Gasteiger partial charge in [-0.1, -0.05) is 19.8 Å². The Morgan fingerprint density at radius 3 is 2.71 bits per heavy atom. The van der Waals surface area contributed by atoms with Gasteiger partial charge in [-0.3, -0.25) is 4.79 Å². The van der Waals surface area contributed by atoms with E-state index in [-0.39, 0.29) is 6.54 Å². The topological polar surface area (TPSA) is 55.1 Å². The largest absolute Gasteiger partial charge is 0.345 e. The van der Waals surface area contributed by atoms with Gasteiger partial charge in [0.15, 0.2) is 17.5 Å². The van der Waals surface area contributed by atoms with E-state index in [9.17, 15) is 18.0 Å². The fourth-order valence-electron chi connectivity index (χ4n) is 3.02. The molecule has 1 fully saturated rings. The van der Waals surface area contributed by atoms with Crippen LogP contribution in [0, 0.1) is 23.4 Å². The van der Waals surface area contributed by atoms with Crippen LogP contribution in [-0.4, -0.2) is 18.0 Å². The zero-order valence-electron chi connectivity index (χ0n) is 11.9. The van der Waals surface area contributed by atoms with Gasteiger partial charge >= 0.3 is 0 Å². The first-order valence-electron chi connectivity index (χ1n) is 7.04. The number of nitrogens with two attached hydrogens (primary N) is 1. The Labute approximate surface area is 121 Å². The Hall–Kier alpha value is -1.56. The summed E-state index contributed by atoms with van der Waals surface area (Å²) in [7, 11) is 0. The van der Waals surface area contributed by atoms with Crippen LogP contribution in [0.5, 0.6) is 0 Å². The second-order valence-corrected chi connectivity index (χ2v) is 5.86. The molecule has 0 radical (unpaired) electrons. The lowest BCUT2D eigenvalue weighted by atomic mass is 9.76. The molecule has 3 N–H and O–H groups in total. The first kappa shape index (κ1) is 15.8. The maximum Gasteiger partial charge on any atom is 0.254 e. The minimum Gasteiger partial charge on any atom is -0.345 e. The van der Waals surface area contributed by atoms with Crippen molar-refractivity contribution in [1.29, 1.82) is 0 Å². The van der Waals surface area contributed by atoms with Crippen molar-refractivity contribution in [1.82, 2.24) is 5.32 Å². The lowest BCUT2D eigenvalue weighted by Crippen LogP contribution is -2.56. The van der Waals surface area contributed by atoms with Crippen molar-refractivity contribution >= 4 is 5.91 Å². The molecule has 116 valence electrons. The van der Waals surface area contributed by atoms with Crippen molar-refractivity contribution < 1.29 is 18.0 Å². The second-order valence-electron chi connectivity index (χ2n) is 5.86. The van der Waals surface area contributed by atoms with Gasteiger partial charge in [-0.05, 0) is 30.9 Å². The maximum absolute atomic E-state index is 13.7. The Morgan fingerprint density at radius 2 is 2.10 bits per heavy atom. The second kappa shape index (κ2) is 6.05. The highest BCUT2D eigenvalue weighted by molar-refractivity contribution is 5.95. The molecular weight excluding hydrogens is 281 g/mol. The molecule has 0 aliphatic heterocycles. The van der Waals surface area contributed by atoms with Crippen LogP contribution in [0.3, 0.4) is 0 Å². The number of rotatable bonds is 3. The summed E-state index contributed by atoms with van der Waals surface area (Å²) < 4.78 is 39.8. The summed E-state index contributed by atoms with van der Waals surface area (Å²) >= 11 is 0. The monoisotopic (exact) mass is 300 g/mol. The fraction of sp³-hybridized carbons (Fsp3) is 0.533. The van der Waals surface area contributed by atoms with E-state index in [1.54, 1.807) is 0 Å².